The molecule has 0 saturated carbocycles. The molecule has 7 heteroatoms. The van der Waals surface area contributed by atoms with Crippen molar-refractivity contribution in [1.82, 2.24) is 15.5 Å². The Bertz CT molecular complexity index is 563. The first-order chi connectivity index (χ1) is 11.0. The quantitative estimate of drug-likeness (QED) is 0.845. The van der Waals surface area contributed by atoms with Crippen molar-refractivity contribution in [1.29, 1.82) is 0 Å². The fourth-order valence-corrected chi connectivity index (χ4v) is 2.77. The van der Waals surface area contributed by atoms with Crippen LogP contribution < -0.4 is 10.6 Å². The lowest BCUT2D eigenvalue weighted by molar-refractivity contribution is -0.125. The zero-order valence-corrected chi connectivity index (χ0v) is 14.9. The molecule has 1 heterocycles. The summed E-state index contributed by atoms with van der Waals surface area (Å²) in [6.07, 6.45) is 1.39. The highest BCUT2D eigenvalue weighted by Crippen LogP contribution is 2.16. The van der Waals surface area contributed by atoms with E-state index in [0.717, 1.165) is 0 Å². The van der Waals surface area contributed by atoms with Crippen molar-refractivity contribution in [3.8, 4) is 0 Å². The molecule has 2 N–H and O–H groups in total. The van der Waals surface area contributed by atoms with Crippen LogP contribution in [-0.4, -0.2) is 49.4 Å². The van der Waals surface area contributed by atoms with Gasteiger partial charge in [-0.3, -0.25) is 9.59 Å². The van der Waals surface area contributed by atoms with E-state index in [2.05, 4.69) is 10.6 Å². The van der Waals surface area contributed by atoms with E-state index in [1.165, 1.54) is 12.1 Å². The first-order valence-corrected chi connectivity index (χ1v) is 8.01. The molecule has 1 atom stereocenters. The second-order valence-corrected chi connectivity index (χ2v) is 6.01. The van der Waals surface area contributed by atoms with Crippen LogP contribution in [0.1, 0.15) is 30.1 Å². The van der Waals surface area contributed by atoms with Gasteiger partial charge in [-0.25, -0.2) is 4.39 Å². The fourth-order valence-electron chi connectivity index (χ4n) is 2.77. The number of likely N-dealkylation sites (tertiary alicyclic amines) is 1. The van der Waals surface area contributed by atoms with Gasteiger partial charge >= 0.3 is 0 Å². The van der Waals surface area contributed by atoms with Gasteiger partial charge in [0.15, 0.2) is 0 Å². The number of benzene rings is 1. The van der Waals surface area contributed by atoms with Crippen molar-refractivity contribution in [2.45, 2.75) is 25.8 Å². The van der Waals surface area contributed by atoms with Gasteiger partial charge < -0.3 is 15.5 Å². The molecule has 24 heavy (non-hydrogen) atoms. The Morgan fingerprint density at radius 3 is 2.50 bits per heavy atom. The van der Waals surface area contributed by atoms with E-state index in [1.54, 1.807) is 17.0 Å². The van der Waals surface area contributed by atoms with E-state index >= 15 is 0 Å². The highest BCUT2D eigenvalue weighted by atomic mass is 35.5. The fraction of sp³-hybridized carbons (Fsp3) is 0.529. The molecule has 0 aliphatic carbocycles. The summed E-state index contributed by atoms with van der Waals surface area (Å²) >= 11 is 0. The average molecular weight is 358 g/mol. The topological polar surface area (TPSA) is 61.4 Å². The van der Waals surface area contributed by atoms with Crippen molar-refractivity contribution in [2.24, 2.45) is 5.92 Å². The van der Waals surface area contributed by atoms with Gasteiger partial charge in [-0.2, -0.15) is 0 Å². The lowest BCUT2D eigenvalue weighted by Crippen LogP contribution is -2.48. The molecule has 2 rings (SSSR count). The average Bonchev–Trinajstić information content (AvgIpc) is 2.55. The molecule has 1 aromatic carbocycles. The van der Waals surface area contributed by atoms with Crippen LogP contribution in [0.4, 0.5) is 4.39 Å². The highest BCUT2D eigenvalue weighted by Gasteiger charge is 2.26. The third-order valence-electron chi connectivity index (χ3n) is 4.19. The van der Waals surface area contributed by atoms with Gasteiger partial charge in [-0.05, 0) is 32.0 Å². The number of amides is 2. The van der Waals surface area contributed by atoms with Crippen molar-refractivity contribution >= 4 is 24.2 Å². The Morgan fingerprint density at radius 2 is 1.92 bits per heavy atom. The molecule has 1 aliphatic heterocycles. The van der Waals surface area contributed by atoms with E-state index < -0.39 is 5.82 Å². The van der Waals surface area contributed by atoms with Crippen LogP contribution in [0.25, 0.3) is 0 Å². The Kier molecular flexibility index (Phi) is 8.15. The number of hydrogen-bond acceptors (Lipinski definition) is 3. The van der Waals surface area contributed by atoms with Crippen molar-refractivity contribution < 1.29 is 14.0 Å². The third kappa shape index (κ3) is 5.18. The zero-order valence-electron chi connectivity index (χ0n) is 14.0. The number of carbonyl (C=O) groups is 2. The number of rotatable bonds is 5. The monoisotopic (exact) mass is 357 g/mol. The third-order valence-corrected chi connectivity index (χ3v) is 4.19. The summed E-state index contributed by atoms with van der Waals surface area (Å²) in [7, 11) is 1.82. The second-order valence-electron chi connectivity index (χ2n) is 6.01. The molecule has 0 radical (unpaired) electrons. The Balaban J connectivity index is 0.00000288. The number of carbonyl (C=O) groups excluding carboxylic acids is 2. The van der Waals surface area contributed by atoms with Gasteiger partial charge in [0.1, 0.15) is 5.82 Å². The summed E-state index contributed by atoms with van der Waals surface area (Å²) in [5.74, 6) is -0.832. The van der Waals surface area contributed by atoms with Crippen molar-refractivity contribution in [3.05, 3.63) is 35.6 Å². The Labute approximate surface area is 148 Å². The lowest BCUT2D eigenvalue weighted by atomic mass is 10.0. The maximum absolute atomic E-state index is 13.7. The summed E-state index contributed by atoms with van der Waals surface area (Å²) in [5.41, 5.74) is 0.109. The predicted molar refractivity (Wildman–Crippen MR) is 93.8 cm³/mol. The molecule has 0 aromatic heterocycles. The molecule has 1 unspecified atom stereocenters. The molecule has 0 bridgehead atoms. The normalized spacial score (nSPS) is 16.2. The summed E-state index contributed by atoms with van der Waals surface area (Å²) < 4.78 is 13.7. The molecule has 1 fully saturated rings. The van der Waals surface area contributed by atoms with Gasteiger partial charge in [0.05, 0.1) is 5.56 Å². The van der Waals surface area contributed by atoms with Gasteiger partial charge in [-0.1, -0.05) is 19.1 Å². The van der Waals surface area contributed by atoms with Crippen LogP contribution in [0.5, 0.6) is 0 Å². The van der Waals surface area contributed by atoms with Crippen LogP contribution in [0, 0.1) is 11.7 Å². The number of hydrogen-bond donors (Lipinski definition) is 2. The van der Waals surface area contributed by atoms with Crippen LogP contribution >= 0.6 is 12.4 Å². The second kappa shape index (κ2) is 9.59. The van der Waals surface area contributed by atoms with Gasteiger partial charge in [-0.15, -0.1) is 12.4 Å². The smallest absolute Gasteiger partial charge is 0.256 e. The Hall–Kier alpha value is -1.66. The lowest BCUT2D eigenvalue weighted by Gasteiger charge is -2.33. The van der Waals surface area contributed by atoms with Crippen LogP contribution in [0.3, 0.4) is 0 Å². The van der Waals surface area contributed by atoms with Crippen LogP contribution in [0.15, 0.2) is 24.3 Å². The highest BCUT2D eigenvalue weighted by molar-refractivity contribution is 5.94. The summed E-state index contributed by atoms with van der Waals surface area (Å²) in [5, 5.41) is 6.00. The van der Waals surface area contributed by atoms with Crippen molar-refractivity contribution in [2.75, 3.05) is 26.7 Å². The summed E-state index contributed by atoms with van der Waals surface area (Å²) in [4.78, 5) is 26.0. The van der Waals surface area contributed by atoms with Crippen LogP contribution in [-0.2, 0) is 4.79 Å². The van der Waals surface area contributed by atoms with E-state index in [4.69, 9.17) is 0 Å². The molecule has 5 nitrogen and oxygen atoms in total. The maximum Gasteiger partial charge on any atom is 0.256 e. The summed E-state index contributed by atoms with van der Waals surface area (Å²) in [6, 6.07) is 6.10. The SMILES string of the molecule is CNCC(C)C(=O)NC1CCN(C(=O)c2ccccc2F)CC1.Cl. The van der Waals surface area contributed by atoms with E-state index in [-0.39, 0.29) is 41.7 Å². The van der Waals surface area contributed by atoms with Crippen LogP contribution in [0.2, 0.25) is 0 Å². The van der Waals surface area contributed by atoms with Gasteiger partial charge in [0.2, 0.25) is 5.91 Å². The molecule has 1 aromatic rings. The molecule has 1 aliphatic rings. The molecular formula is C17H25ClFN3O2. The number of nitrogens with zero attached hydrogens (tertiary/aromatic N) is 1. The van der Waals surface area contributed by atoms with Gasteiger partial charge in [0.25, 0.3) is 5.91 Å². The number of halogens is 2. The first-order valence-electron chi connectivity index (χ1n) is 8.01. The minimum absolute atomic E-state index is 0. The molecule has 1 saturated heterocycles. The number of piperidine rings is 1. The minimum atomic E-state index is -0.492. The summed E-state index contributed by atoms with van der Waals surface area (Å²) in [6.45, 7) is 3.57. The maximum atomic E-state index is 13.7. The largest absolute Gasteiger partial charge is 0.353 e. The van der Waals surface area contributed by atoms with E-state index in [0.29, 0.717) is 32.5 Å². The molecular weight excluding hydrogens is 333 g/mol. The predicted octanol–water partition coefficient (Wildman–Crippen LogP) is 1.82. The Morgan fingerprint density at radius 1 is 1.29 bits per heavy atom. The van der Waals surface area contributed by atoms with E-state index in [1.807, 2.05) is 14.0 Å². The molecule has 134 valence electrons. The molecule has 2 amide bonds. The number of nitrogens with one attached hydrogen (secondary N) is 2. The molecule has 0 spiro atoms. The zero-order chi connectivity index (χ0) is 16.8. The van der Waals surface area contributed by atoms with Crippen molar-refractivity contribution in [3.63, 3.8) is 0 Å². The standard InChI is InChI=1S/C17H24FN3O2.ClH/c1-12(11-19-2)16(22)20-13-7-9-21(10-8-13)17(23)14-5-3-4-6-15(14)18;/h3-6,12-13,19H,7-11H2,1-2H3,(H,20,22);1H. The minimum Gasteiger partial charge on any atom is -0.353 e. The first kappa shape index (κ1) is 20.4. The van der Waals surface area contributed by atoms with Gasteiger partial charge in [0, 0.05) is 31.6 Å². The van der Waals surface area contributed by atoms with E-state index in [9.17, 15) is 14.0 Å².